The molecule has 3 aliphatic rings. The Bertz CT molecular complexity index is 688. The van der Waals surface area contributed by atoms with Gasteiger partial charge in [0.1, 0.15) is 0 Å². The van der Waals surface area contributed by atoms with E-state index in [0.717, 1.165) is 24.1 Å². The van der Waals surface area contributed by atoms with Crippen LogP contribution in [0.1, 0.15) is 28.8 Å². The third-order valence-corrected chi connectivity index (χ3v) is 4.78. The van der Waals surface area contributed by atoms with Crippen LogP contribution in [0.2, 0.25) is 0 Å². The van der Waals surface area contributed by atoms with Crippen LogP contribution in [0.5, 0.6) is 0 Å². The molecule has 2 fully saturated rings. The molecule has 0 atom stereocenters. The van der Waals surface area contributed by atoms with Gasteiger partial charge in [-0.3, -0.25) is 14.4 Å². The molecule has 0 radical (unpaired) electrons. The van der Waals surface area contributed by atoms with Crippen LogP contribution in [0.4, 0.5) is 5.69 Å². The summed E-state index contributed by atoms with van der Waals surface area (Å²) in [6, 6.07) is 5.35. The van der Waals surface area contributed by atoms with Crippen LogP contribution >= 0.6 is 0 Å². The Kier molecular flexibility index (Phi) is 3.32. The number of piperazine rings is 1. The maximum absolute atomic E-state index is 12.6. The highest BCUT2D eigenvalue weighted by Gasteiger charge is 2.35. The van der Waals surface area contributed by atoms with Gasteiger partial charge in [0.25, 0.3) is 5.91 Å². The Morgan fingerprint density at radius 3 is 2.43 bits per heavy atom. The number of carbonyl (C=O) groups excluding carboxylic acids is 3. The molecule has 6 heteroatoms. The van der Waals surface area contributed by atoms with E-state index in [1.807, 2.05) is 4.90 Å². The minimum Gasteiger partial charge on any atom is -0.339 e. The van der Waals surface area contributed by atoms with Crippen LogP contribution in [-0.2, 0) is 16.0 Å². The van der Waals surface area contributed by atoms with Crippen molar-refractivity contribution >= 4 is 23.4 Å². The molecule has 0 aromatic heterocycles. The molecule has 1 N–H and O–H groups in total. The normalized spacial score (nSPS) is 20.3. The Balaban J connectivity index is 1.41. The topological polar surface area (TPSA) is 69.7 Å². The highest BCUT2D eigenvalue weighted by atomic mass is 16.2. The lowest BCUT2D eigenvalue weighted by Crippen LogP contribution is -2.51. The van der Waals surface area contributed by atoms with Crippen molar-refractivity contribution in [1.82, 2.24) is 9.80 Å². The van der Waals surface area contributed by atoms with Crippen LogP contribution in [0.3, 0.4) is 0 Å². The van der Waals surface area contributed by atoms with Gasteiger partial charge in [-0.15, -0.1) is 0 Å². The Morgan fingerprint density at radius 2 is 1.74 bits per heavy atom. The van der Waals surface area contributed by atoms with Crippen LogP contribution in [0.25, 0.3) is 0 Å². The third-order valence-electron chi connectivity index (χ3n) is 4.78. The van der Waals surface area contributed by atoms with Gasteiger partial charge < -0.3 is 15.1 Å². The number of hydrogen-bond donors (Lipinski definition) is 1. The summed E-state index contributed by atoms with van der Waals surface area (Å²) in [5.74, 6) is 0.431. The Hall–Kier alpha value is -2.37. The summed E-state index contributed by atoms with van der Waals surface area (Å²) in [6.07, 6.45) is 2.36. The van der Waals surface area contributed by atoms with Gasteiger partial charge in [0.2, 0.25) is 11.8 Å². The van der Waals surface area contributed by atoms with E-state index in [0.29, 0.717) is 38.2 Å². The molecule has 23 heavy (non-hydrogen) atoms. The molecule has 0 unspecified atom stereocenters. The first-order valence-corrected chi connectivity index (χ1v) is 8.12. The number of anilines is 1. The second-order valence-electron chi connectivity index (χ2n) is 6.49. The smallest absolute Gasteiger partial charge is 0.253 e. The van der Waals surface area contributed by atoms with E-state index in [-0.39, 0.29) is 23.6 Å². The van der Waals surface area contributed by atoms with Gasteiger partial charge in [0.15, 0.2) is 0 Å². The van der Waals surface area contributed by atoms with Crippen molar-refractivity contribution in [1.29, 1.82) is 0 Å². The zero-order chi connectivity index (χ0) is 16.0. The summed E-state index contributed by atoms with van der Waals surface area (Å²) in [5, 5.41) is 2.77. The molecule has 6 nitrogen and oxygen atoms in total. The van der Waals surface area contributed by atoms with Gasteiger partial charge in [-0.1, -0.05) is 0 Å². The van der Waals surface area contributed by atoms with Crippen molar-refractivity contribution in [3.8, 4) is 0 Å². The first-order valence-electron chi connectivity index (χ1n) is 8.12. The van der Waals surface area contributed by atoms with Crippen LogP contribution in [0.15, 0.2) is 18.2 Å². The van der Waals surface area contributed by atoms with Crippen molar-refractivity contribution in [3.05, 3.63) is 29.3 Å². The van der Waals surface area contributed by atoms with Gasteiger partial charge in [0.05, 0.1) is 6.42 Å². The van der Waals surface area contributed by atoms with E-state index in [9.17, 15) is 14.4 Å². The summed E-state index contributed by atoms with van der Waals surface area (Å²) in [7, 11) is 0. The van der Waals surface area contributed by atoms with Crippen molar-refractivity contribution in [3.63, 3.8) is 0 Å². The molecule has 1 aliphatic carbocycles. The molecule has 0 spiro atoms. The lowest BCUT2D eigenvalue weighted by atomic mass is 10.1. The van der Waals surface area contributed by atoms with E-state index in [1.54, 1.807) is 23.1 Å². The van der Waals surface area contributed by atoms with Crippen molar-refractivity contribution in [2.75, 3.05) is 31.5 Å². The summed E-state index contributed by atoms with van der Waals surface area (Å²) < 4.78 is 0. The first-order chi connectivity index (χ1) is 11.1. The highest BCUT2D eigenvalue weighted by molar-refractivity contribution is 6.01. The predicted octanol–water partition coefficient (Wildman–Crippen LogP) is 0.876. The standard InChI is InChI=1S/C17H19N3O3/c21-15-10-13-9-12(3-4-14(13)18-15)17(23)20-7-5-19(6-8-20)16(22)11-1-2-11/h3-4,9,11H,1-2,5-8,10H2,(H,18,21). The van der Waals surface area contributed by atoms with Crippen molar-refractivity contribution in [2.24, 2.45) is 5.92 Å². The second kappa shape index (κ2) is 5.37. The number of nitrogens with one attached hydrogen (secondary N) is 1. The van der Waals surface area contributed by atoms with Gasteiger partial charge in [-0.05, 0) is 36.6 Å². The molecule has 2 aliphatic heterocycles. The monoisotopic (exact) mass is 313 g/mol. The fourth-order valence-corrected chi connectivity index (χ4v) is 3.26. The van der Waals surface area contributed by atoms with Gasteiger partial charge in [-0.2, -0.15) is 0 Å². The first kappa shape index (κ1) is 14.2. The number of fused-ring (bicyclic) bond motifs is 1. The average molecular weight is 313 g/mol. The molecule has 120 valence electrons. The molecule has 1 saturated heterocycles. The summed E-state index contributed by atoms with van der Waals surface area (Å²) in [5.41, 5.74) is 2.29. The molecule has 1 saturated carbocycles. The van der Waals surface area contributed by atoms with Gasteiger partial charge >= 0.3 is 0 Å². The van der Waals surface area contributed by atoms with E-state index >= 15 is 0 Å². The van der Waals surface area contributed by atoms with E-state index in [4.69, 9.17) is 0 Å². The number of amides is 3. The second-order valence-corrected chi connectivity index (χ2v) is 6.49. The zero-order valence-electron chi connectivity index (χ0n) is 12.9. The fourth-order valence-electron chi connectivity index (χ4n) is 3.26. The molecular formula is C17H19N3O3. The SMILES string of the molecule is O=C1Cc2cc(C(=O)N3CCN(C(=O)C4CC4)CC3)ccc2N1. The van der Waals surface area contributed by atoms with E-state index < -0.39 is 0 Å². The molecule has 0 bridgehead atoms. The van der Waals surface area contributed by atoms with E-state index in [1.165, 1.54) is 0 Å². The Morgan fingerprint density at radius 1 is 1.04 bits per heavy atom. The molecular weight excluding hydrogens is 294 g/mol. The minimum absolute atomic E-state index is 0.0225. The molecule has 4 rings (SSSR count). The number of rotatable bonds is 2. The quantitative estimate of drug-likeness (QED) is 0.881. The lowest BCUT2D eigenvalue weighted by molar-refractivity contribution is -0.134. The fraction of sp³-hybridized carbons (Fsp3) is 0.471. The summed E-state index contributed by atoms with van der Waals surface area (Å²) in [6.45, 7) is 2.38. The number of benzene rings is 1. The maximum atomic E-state index is 12.6. The Labute approximate surface area is 134 Å². The average Bonchev–Trinajstić information content (AvgIpc) is 3.34. The highest BCUT2D eigenvalue weighted by Crippen LogP contribution is 2.31. The maximum Gasteiger partial charge on any atom is 0.253 e. The minimum atomic E-state index is -0.0307. The molecule has 1 aromatic carbocycles. The summed E-state index contributed by atoms with van der Waals surface area (Å²) in [4.78, 5) is 39.7. The number of hydrogen-bond acceptors (Lipinski definition) is 3. The lowest BCUT2D eigenvalue weighted by Gasteiger charge is -2.35. The largest absolute Gasteiger partial charge is 0.339 e. The van der Waals surface area contributed by atoms with E-state index in [2.05, 4.69) is 5.32 Å². The van der Waals surface area contributed by atoms with Gasteiger partial charge in [0, 0.05) is 43.3 Å². The third kappa shape index (κ3) is 2.69. The van der Waals surface area contributed by atoms with Crippen molar-refractivity contribution < 1.29 is 14.4 Å². The molecule has 3 amide bonds. The zero-order valence-corrected chi connectivity index (χ0v) is 12.9. The molecule has 1 aromatic rings. The predicted molar refractivity (Wildman–Crippen MR) is 84.0 cm³/mol. The van der Waals surface area contributed by atoms with Gasteiger partial charge in [-0.25, -0.2) is 0 Å². The summed E-state index contributed by atoms with van der Waals surface area (Å²) >= 11 is 0. The van der Waals surface area contributed by atoms with Crippen LogP contribution < -0.4 is 5.32 Å². The van der Waals surface area contributed by atoms with Crippen LogP contribution in [0, 0.1) is 5.92 Å². The number of carbonyl (C=O) groups is 3. The van der Waals surface area contributed by atoms with Crippen LogP contribution in [-0.4, -0.2) is 53.7 Å². The molecule has 2 heterocycles. The number of nitrogens with zero attached hydrogens (tertiary/aromatic N) is 2. The van der Waals surface area contributed by atoms with Crippen molar-refractivity contribution in [2.45, 2.75) is 19.3 Å².